The fraction of sp³-hybridized carbons (Fsp3) is 0.571. The molecular formula is C35H305N5O3. The summed E-state index contributed by atoms with van der Waals surface area (Å²) >= 11 is 0. The van der Waals surface area contributed by atoms with Crippen LogP contribution < -0.4 is 0 Å². The van der Waals surface area contributed by atoms with Crippen molar-refractivity contribution in [1.82, 2.24) is 25.5 Å². The second-order valence-corrected chi connectivity index (χ2v) is 13.6. The molecule has 488 valence electrons. The van der Waals surface area contributed by atoms with Gasteiger partial charge in [-0.1, -0.05) is 72.2 Å². The molecule has 8 heteroatoms. The number of aromatic amines is 1. The summed E-state index contributed by atoms with van der Waals surface area (Å²) in [6.45, 7) is 24.4. The van der Waals surface area contributed by atoms with Gasteiger partial charge < -0.3 is 10.0 Å². The van der Waals surface area contributed by atoms with Crippen LogP contribution in [0.25, 0.3) is 22.5 Å². The average molecular weight is 846 g/mol. The van der Waals surface area contributed by atoms with Crippen molar-refractivity contribution < 1.29 is 196 Å². The minimum Gasteiger partial charge on any atom is -0.479 e. The molecule has 3 unspecified atom stereocenters. The molecule has 0 spiro atoms. The van der Waals surface area contributed by atoms with Crippen LogP contribution in [-0.4, -0.2) is 48.0 Å². The highest BCUT2D eigenvalue weighted by Crippen LogP contribution is 2.46. The van der Waals surface area contributed by atoms with Crippen LogP contribution in [0.3, 0.4) is 0 Å². The molecule has 43 heavy (non-hydrogen) atoms. The van der Waals surface area contributed by atoms with Crippen LogP contribution in [0, 0.1) is 44.9 Å². The van der Waals surface area contributed by atoms with Crippen molar-refractivity contribution >= 4 is 11.9 Å². The number of nitrogens with one attached hydrogen (secondary N) is 1. The summed E-state index contributed by atoms with van der Waals surface area (Å²) in [6.07, 6.45) is 1.78. The second-order valence-electron chi connectivity index (χ2n) is 13.6. The van der Waals surface area contributed by atoms with Gasteiger partial charge in [-0.15, -0.1) is 10.2 Å². The van der Waals surface area contributed by atoms with E-state index in [0.29, 0.717) is 18.7 Å². The molecule has 0 fully saturated rings. The number of carbonyl (C=O) groups is 2. The summed E-state index contributed by atoms with van der Waals surface area (Å²) in [5.41, 5.74) is 6.43. The fourth-order valence-electron chi connectivity index (χ4n) is 7.31. The number of hydrogen-bond acceptors (Lipinski definition) is 5. The van der Waals surface area contributed by atoms with Crippen molar-refractivity contribution in [3.05, 3.63) is 52.1 Å². The van der Waals surface area contributed by atoms with E-state index < -0.39 is 17.6 Å². The van der Waals surface area contributed by atoms with Gasteiger partial charge >= 0.3 is 5.97 Å². The van der Waals surface area contributed by atoms with Gasteiger partial charge in [0.05, 0.1) is 6.04 Å². The maximum Gasteiger partial charge on any atom is 0.329 e. The highest BCUT2D eigenvalue weighted by Gasteiger charge is 2.53. The highest BCUT2D eigenvalue weighted by molar-refractivity contribution is 5.88. The van der Waals surface area contributed by atoms with Gasteiger partial charge in [0.2, 0.25) is 11.7 Å². The molecule has 3 aromatic rings. The highest BCUT2D eigenvalue weighted by atomic mass is 16.4. The van der Waals surface area contributed by atoms with Crippen LogP contribution in [0.15, 0.2) is 24.3 Å². The number of carboxylic acid groups (broad SMARTS) is 1. The van der Waals surface area contributed by atoms with E-state index in [1.807, 2.05) is 26.0 Å². The molecule has 0 saturated heterocycles. The number of aryl methyl sites for hydroxylation is 2. The molecule has 8 nitrogen and oxygen atoms in total. The zero-order valence-electron chi connectivity index (χ0n) is 28.2. The number of aliphatic carboxylic acids is 1. The van der Waals surface area contributed by atoms with E-state index >= 15 is 0 Å². The van der Waals surface area contributed by atoms with Crippen molar-refractivity contribution in [1.29, 1.82) is 0 Å². The lowest BCUT2D eigenvalue weighted by atomic mass is 9.66. The molecule has 2 N–H and O–H groups in total. The summed E-state index contributed by atoms with van der Waals surface area (Å²) in [6, 6.07) is 7.76. The first-order chi connectivity index (χ1) is 20.0. The number of tetrazole rings is 1. The Morgan fingerprint density at radius 2 is 1.63 bits per heavy atom. The molecule has 3 rings (SSSR count). The van der Waals surface area contributed by atoms with Crippen LogP contribution in [-0.2, 0) is 9.59 Å². The minimum absolute atomic E-state index is 0. The summed E-state index contributed by atoms with van der Waals surface area (Å²) in [5.74, 6) is -0.685. The molecule has 1 amide bonds. The lowest BCUT2D eigenvalue weighted by Crippen LogP contribution is -2.62. The van der Waals surface area contributed by atoms with Crippen LogP contribution in [0.2, 0.25) is 0 Å². The Hall–Kier alpha value is -3.55. The Kier molecular flexibility index (Phi) is 10.2. The number of aromatic nitrogens is 4. The maximum absolute atomic E-state index is 14.3. The maximum atomic E-state index is 14.3. The SMILES string of the molecule is CCC(C)CC(=O)N(C(C)c1c(C)cc(-c2c(C)cccc2-c2nn[nH]n2)c(C)c1C)[C@](C)(C(=O)O)C(CC)C(C)(C)C.[HH].[HH].[HH].[HH].[HH].[HH].[HH].[HH].[HH].[HH].[HH].[HH].[HH].[HH].[HH].[HH].[HH].[HH].[HH].[HH].[HH].[HH].[HH].[HH].[HH].[HH].[HH].[HH].[HH].[HH].[HH].[HH].[HH].[HH].[HH].[HH].[HH].[HH].[HH].[HH].[HH].[HH].[HH].[HH].[HH].[HH].[HH].[HH].[HH].[HH].[HH].[HH].[HH].[HH].[HH].[HH].[HH].[HH].[HH].[HH].[HH].[HH].[HH].[HH].[HH].[HH].[HH].[HH].[HH].[HH].[HH].[HH].[HH].[HH].[HH].[HH].[HH].[HH].[HH].[HH].[HH].[HH].[HH].[HH].[HH].[HH].[HH].[HH].[HH].[HH].[HH].[HH].[HH].[HH].[HH].[HH].[HH].[HH].[HH].[HH].[HH].[HH].[HH].[HH].[HH].[HH].[HH].[HH].[HH].[HH].[HH].[HH].[HH].[HH].[HH].[HH].[HH].[HH].[HH].[HH].[HH].[HH].[HH].[HH].[HH].[HH].[HH]. The molecule has 2 aromatic carbocycles. The minimum atomic E-state index is -1.41. The Bertz CT molecular complexity index is 1600. The van der Waals surface area contributed by atoms with Gasteiger partial charge in [0.25, 0.3) is 0 Å². The van der Waals surface area contributed by atoms with E-state index in [2.05, 4.69) is 95.1 Å². The van der Waals surface area contributed by atoms with Crippen molar-refractivity contribution in [2.75, 3.05) is 0 Å². The third kappa shape index (κ3) is 6.38. The number of rotatable bonds is 11. The number of amides is 1. The number of carboxylic acids is 1. The van der Waals surface area contributed by atoms with Gasteiger partial charge in [-0.05, 0) is 109 Å². The van der Waals surface area contributed by atoms with Crippen molar-refractivity contribution in [2.24, 2.45) is 17.3 Å². The second kappa shape index (κ2) is 13.0. The van der Waals surface area contributed by atoms with E-state index in [1.165, 1.54) is 0 Å². The van der Waals surface area contributed by atoms with E-state index in [9.17, 15) is 14.7 Å². The first-order valence-corrected chi connectivity index (χ1v) is 15.5. The van der Waals surface area contributed by atoms with Gasteiger partial charge in [0.1, 0.15) is 5.54 Å². The van der Waals surface area contributed by atoms with Crippen LogP contribution in [0.5, 0.6) is 0 Å². The molecular weight excluding hydrogens is 538 g/mol. The fourth-order valence-corrected chi connectivity index (χ4v) is 7.31. The van der Waals surface area contributed by atoms with Gasteiger partial charge in [0.15, 0.2) is 0 Å². The zero-order valence-corrected chi connectivity index (χ0v) is 28.2. The Morgan fingerprint density at radius 1 is 0.977 bits per heavy atom. The van der Waals surface area contributed by atoms with E-state index in [4.69, 9.17) is 0 Å². The average Bonchev–Trinajstić information content (AvgIpc) is 3.45. The van der Waals surface area contributed by atoms with E-state index in [-0.39, 0.29) is 204 Å². The summed E-state index contributed by atoms with van der Waals surface area (Å²) < 4.78 is 0. The zero-order chi connectivity index (χ0) is 32.4. The normalized spacial score (nSPS) is 15.4. The number of carbonyl (C=O) groups excluding carboxylic acids is 1. The molecule has 0 saturated carbocycles. The molecule has 1 heterocycles. The molecule has 0 bridgehead atoms. The lowest BCUT2D eigenvalue weighted by Gasteiger charge is -2.51. The topological polar surface area (TPSA) is 112 Å². The summed E-state index contributed by atoms with van der Waals surface area (Å²) in [4.78, 5) is 29.4. The van der Waals surface area contributed by atoms with Gasteiger partial charge in [-0.25, -0.2) is 4.79 Å². The van der Waals surface area contributed by atoms with Crippen LogP contribution >= 0.6 is 0 Å². The number of hydrogen-bond donors (Lipinski definition) is 2. The molecule has 0 radical (unpaired) electrons. The van der Waals surface area contributed by atoms with Crippen molar-refractivity contribution in [3.63, 3.8) is 0 Å². The molecule has 1 aromatic heterocycles. The molecule has 0 aliphatic heterocycles. The van der Waals surface area contributed by atoms with Crippen molar-refractivity contribution in [2.45, 2.75) is 114 Å². The monoisotopic (exact) mass is 845 g/mol. The smallest absolute Gasteiger partial charge is 0.329 e. The predicted molar refractivity (Wildman–Crippen MR) is 441 cm³/mol. The third-order valence-electron chi connectivity index (χ3n) is 9.64. The Balaban J connectivity index is -0.00000000130. The Morgan fingerprint density at radius 3 is 2.14 bits per heavy atom. The number of benzene rings is 2. The van der Waals surface area contributed by atoms with Crippen LogP contribution in [0.1, 0.15) is 290 Å². The van der Waals surface area contributed by atoms with Crippen LogP contribution in [0.4, 0.5) is 0 Å². The first kappa shape index (κ1) is 33.9. The van der Waals surface area contributed by atoms with Crippen molar-refractivity contribution in [3.8, 4) is 22.5 Å². The Labute approximate surface area is 446 Å². The first-order valence-electron chi connectivity index (χ1n) is 15.5. The van der Waals surface area contributed by atoms with E-state index in [0.717, 1.165) is 50.9 Å². The molecule has 0 aliphatic rings. The molecule has 4 atom stereocenters. The van der Waals surface area contributed by atoms with Gasteiger partial charge in [-0.2, -0.15) is 5.21 Å². The number of nitrogens with zero attached hydrogens (tertiary/aromatic N) is 4. The summed E-state index contributed by atoms with van der Waals surface area (Å²) in [7, 11) is 0. The van der Waals surface area contributed by atoms with Gasteiger partial charge in [0, 0.05) is 193 Å². The lowest BCUT2D eigenvalue weighted by molar-refractivity contribution is -0.170. The molecule has 0 aliphatic carbocycles. The predicted octanol–water partition coefficient (Wildman–Crippen LogP) is 39.3. The van der Waals surface area contributed by atoms with Gasteiger partial charge in [-0.3, -0.25) is 4.79 Å². The quantitative estimate of drug-likeness (QED) is 0.199. The standard InChI is InChI=1S/C35H51N5O3.127H2/c1-13-20(3)18-29(41)40(35(12,33(42)43)28(14-2)34(9,10)11)25(8)30-22(5)19-27(23(6)24(30)7)31-21(4)16-15-17-26(31)32-36-38-39-37-32;;;;;;;;;;;;;;;;;;;;;;;;;;;;;;;;;;;;;;;;;;;;;;;;;;;;;;;;;;;;;;;;;;;;;;;;;;;;;;;;;;;;;;;;;;;;;;;;;;;;;;;;;;;;;;;;;;;;;;;;;;;;;;;/h15-17,19-20,25,28H,13-14,18H2,1-12H3,(H,42,43)(H,36,37,38,39);127*1H/t20?,25?,28?,35-;;;;;;;;;;;;;;;;;;;;;;;;;;;;;;;;;;;;;;;;;;;;;;;;;;;;;;;;;;;;;;;;;;;;;;;;;;;;;;;;;;;;;;;;;;;;;;;;;;;;;;;;;;;;;;;;;;;;;;;;;;;;;;;/m0.............................................................................................................................../s1. The number of H-pyrrole nitrogens is 1. The third-order valence-corrected chi connectivity index (χ3v) is 9.64. The summed E-state index contributed by atoms with van der Waals surface area (Å²) in [5, 5.41) is 25.8. The van der Waals surface area contributed by atoms with E-state index in [1.54, 1.807) is 11.8 Å². The largest absolute Gasteiger partial charge is 0.479 e.